The number of phenols is 2. The Morgan fingerprint density at radius 2 is 0.941 bits per heavy atom. The normalized spacial score (nSPS) is 8.47. The van der Waals surface area contributed by atoms with Crippen LogP contribution in [0.25, 0.3) is 0 Å². The van der Waals surface area contributed by atoms with Gasteiger partial charge < -0.3 is 20.4 Å². The molecule has 84 valence electrons. The maximum absolute atomic E-state index is 10.4. The SMILES string of the molecule is [Ca+2].[O-]c1ccccc1O.[O-]c1ccccc1O. The van der Waals surface area contributed by atoms with Crippen LogP contribution in [0.4, 0.5) is 0 Å². The Kier molecular flexibility index (Phi) is 7.54. The minimum atomic E-state index is -0.326. The molecule has 2 N–H and O–H groups in total. The van der Waals surface area contributed by atoms with Crippen LogP contribution in [-0.4, -0.2) is 48.0 Å². The molecule has 0 saturated carbocycles. The third-order valence-corrected chi connectivity index (χ3v) is 1.73. The summed E-state index contributed by atoms with van der Waals surface area (Å²) in [4.78, 5) is 0. The topological polar surface area (TPSA) is 86.6 Å². The summed E-state index contributed by atoms with van der Waals surface area (Å²) in [5, 5.41) is 38.0. The van der Waals surface area contributed by atoms with Crippen LogP contribution in [0.15, 0.2) is 48.5 Å². The third-order valence-electron chi connectivity index (χ3n) is 1.73. The van der Waals surface area contributed by atoms with E-state index >= 15 is 0 Å². The van der Waals surface area contributed by atoms with Crippen molar-refractivity contribution in [1.29, 1.82) is 0 Å². The van der Waals surface area contributed by atoms with Crippen LogP contribution >= 0.6 is 0 Å². The van der Waals surface area contributed by atoms with E-state index < -0.39 is 0 Å². The molecule has 4 nitrogen and oxygen atoms in total. The average molecular weight is 258 g/mol. The minimum absolute atomic E-state index is 0. The molecular formula is C12H10CaO4. The van der Waals surface area contributed by atoms with E-state index in [0.29, 0.717) is 0 Å². The van der Waals surface area contributed by atoms with E-state index in [1.54, 1.807) is 24.3 Å². The second-order valence-electron chi connectivity index (χ2n) is 2.94. The smallest absolute Gasteiger partial charge is 0.870 e. The molecule has 0 bridgehead atoms. The zero-order valence-electron chi connectivity index (χ0n) is 9.04. The Morgan fingerprint density at radius 3 is 1.12 bits per heavy atom. The summed E-state index contributed by atoms with van der Waals surface area (Å²) in [6.07, 6.45) is 0. The molecule has 0 atom stereocenters. The van der Waals surface area contributed by atoms with Gasteiger partial charge in [-0.3, -0.25) is 0 Å². The molecule has 0 unspecified atom stereocenters. The van der Waals surface area contributed by atoms with E-state index in [9.17, 15) is 10.2 Å². The zero-order chi connectivity index (χ0) is 12.0. The maximum atomic E-state index is 10.4. The van der Waals surface area contributed by atoms with E-state index in [2.05, 4.69) is 0 Å². The maximum Gasteiger partial charge on any atom is 2.00 e. The molecule has 0 radical (unpaired) electrons. The molecule has 2 rings (SSSR count). The number of para-hydroxylation sites is 4. The van der Waals surface area contributed by atoms with E-state index in [4.69, 9.17) is 10.2 Å². The van der Waals surface area contributed by atoms with Gasteiger partial charge in [0.15, 0.2) is 0 Å². The van der Waals surface area contributed by atoms with Crippen LogP contribution in [0, 0.1) is 0 Å². The van der Waals surface area contributed by atoms with Crippen LogP contribution in [0.1, 0.15) is 0 Å². The van der Waals surface area contributed by atoms with Crippen molar-refractivity contribution in [3.05, 3.63) is 48.5 Å². The van der Waals surface area contributed by atoms with E-state index in [0.717, 1.165) is 0 Å². The van der Waals surface area contributed by atoms with Crippen LogP contribution in [0.3, 0.4) is 0 Å². The Bertz CT molecular complexity index is 374. The Morgan fingerprint density at radius 1 is 0.647 bits per heavy atom. The van der Waals surface area contributed by atoms with Crippen molar-refractivity contribution in [2.45, 2.75) is 0 Å². The molecule has 2 aromatic rings. The summed E-state index contributed by atoms with van der Waals surface area (Å²) in [7, 11) is 0. The van der Waals surface area contributed by atoms with Gasteiger partial charge in [0.2, 0.25) is 0 Å². The second-order valence-corrected chi connectivity index (χ2v) is 2.94. The first-order chi connectivity index (χ1) is 7.61. The summed E-state index contributed by atoms with van der Waals surface area (Å²) in [6.45, 7) is 0. The number of rotatable bonds is 0. The summed E-state index contributed by atoms with van der Waals surface area (Å²) in [6, 6.07) is 11.7. The molecule has 5 heteroatoms. The molecular weight excluding hydrogens is 248 g/mol. The van der Waals surface area contributed by atoms with Gasteiger partial charge in [0.1, 0.15) is 11.5 Å². The zero-order valence-corrected chi connectivity index (χ0v) is 11.2. The number of hydrogen-bond donors (Lipinski definition) is 2. The fourth-order valence-corrected chi connectivity index (χ4v) is 0.914. The van der Waals surface area contributed by atoms with Gasteiger partial charge in [-0.15, -0.1) is 0 Å². The molecule has 0 spiro atoms. The first kappa shape index (κ1) is 15.9. The number of phenolic OH excluding ortho intramolecular Hbond substituents is 2. The van der Waals surface area contributed by atoms with Gasteiger partial charge in [0.05, 0.1) is 0 Å². The van der Waals surface area contributed by atoms with Crippen molar-refractivity contribution in [3.8, 4) is 23.0 Å². The first-order valence-electron chi connectivity index (χ1n) is 4.51. The Balaban J connectivity index is 0.000000284. The van der Waals surface area contributed by atoms with E-state index in [1.807, 2.05) is 0 Å². The van der Waals surface area contributed by atoms with Gasteiger partial charge >= 0.3 is 37.7 Å². The Labute approximate surface area is 129 Å². The van der Waals surface area contributed by atoms with Gasteiger partial charge in [0.25, 0.3) is 0 Å². The predicted molar refractivity (Wildman–Crippen MR) is 60.9 cm³/mol. The predicted octanol–water partition coefficient (Wildman–Crippen LogP) is 0.551. The number of benzene rings is 2. The molecule has 17 heavy (non-hydrogen) atoms. The van der Waals surface area contributed by atoms with Gasteiger partial charge in [-0.2, -0.15) is 0 Å². The average Bonchev–Trinajstić information content (AvgIpc) is 2.28. The molecule has 0 aliphatic heterocycles. The molecule has 0 aromatic heterocycles. The summed E-state index contributed by atoms with van der Waals surface area (Å²) in [5.74, 6) is -1.03. The molecule has 0 heterocycles. The molecule has 0 aliphatic carbocycles. The van der Waals surface area contributed by atoms with Crippen molar-refractivity contribution in [2.24, 2.45) is 0 Å². The van der Waals surface area contributed by atoms with Crippen molar-refractivity contribution < 1.29 is 20.4 Å². The summed E-state index contributed by atoms with van der Waals surface area (Å²) >= 11 is 0. The van der Waals surface area contributed by atoms with Crippen molar-refractivity contribution in [2.75, 3.05) is 0 Å². The van der Waals surface area contributed by atoms with Gasteiger partial charge in [-0.05, 0) is 12.1 Å². The summed E-state index contributed by atoms with van der Waals surface area (Å²) < 4.78 is 0. The first-order valence-corrected chi connectivity index (χ1v) is 4.51. The number of aromatic hydroxyl groups is 2. The van der Waals surface area contributed by atoms with E-state index in [1.165, 1.54) is 24.3 Å². The summed E-state index contributed by atoms with van der Waals surface area (Å²) in [5.41, 5.74) is 0. The van der Waals surface area contributed by atoms with Gasteiger partial charge in [-0.1, -0.05) is 47.9 Å². The second kappa shape index (κ2) is 8.06. The third kappa shape index (κ3) is 5.68. The van der Waals surface area contributed by atoms with Gasteiger partial charge in [-0.25, -0.2) is 0 Å². The van der Waals surface area contributed by atoms with Crippen molar-refractivity contribution in [1.82, 2.24) is 0 Å². The van der Waals surface area contributed by atoms with E-state index in [-0.39, 0.29) is 60.7 Å². The standard InChI is InChI=1S/2C6H6O2.Ca/c2*7-5-3-1-2-4-6(5)8;/h2*1-4,7-8H;/q;;+2/p-2. The van der Waals surface area contributed by atoms with Crippen LogP contribution < -0.4 is 10.2 Å². The molecule has 2 aromatic carbocycles. The number of hydrogen-bond acceptors (Lipinski definition) is 4. The quantitative estimate of drug-likeness (QED) is 0.676. The van der Waals surface area contributed by atoms with Gasteiger partial charge in [0, 0.05) is 0 Å². The van der Waals surface area contributed by atoms with Crippen molar-refractivity contribution >= 4 is 37.7 Å². The molecule has 0 saturated heterocycles. The molecule has 0 aliphatic rings. The Hall–Kier alpha value is -1.10. The molecule has 0 amide bonds. The van der Waals surface area contributed by atoms with Crippen LogP contribution in [0.5, 0.6) is 23.0 Å². The largest absolute Gasteiger partial charge is 2.00 e. The monoisotopic (exact) mass is 258 g/mol. The van der Waals surface area contributed by atoms with Crippen molar-refractivity contribution in [3.63, 3.8) is 0 Å². The van der Waals surface area contributed by atoms with Crippen LogP contribution in [0.2, 0.25) is 0 Å². The minimum Gasteiger partial charge on any atom is -0.870 e. The van der Waals surface area contributed by atoms with Crippen LogP contribution in [-0.2, 0) is 0 Å². The fraction of sp³-hybridized carbons (Fsp3) is 0. The fourth-order valence-electron chi connectivity index (χ4n) is 0.914. The molecule has 0 fully saturated rings.